The van der Waals surface area contributed by atoms with E-state index in [1.165, 1.54) is 231 Å². The molecule has 2 atom stereocenters. The van der Waals surface area contributed by atoms with Crippen LogP contribution in [0.2, 0.25) is 0 Å². The Morgan fingerprint density at radius 2 is 0.593 bits per heavy atom. The number of nitrogens with zero attached hydrogens (tertiary/aromatic N) is 1. The van der Waals surface area contributed by atoms with Crippen LogP contribution in [-0.2, 0) is 33.3 Å². The summed E-state index contributed by atoms with van der Waals surface area (Å²) in [6, 6.07) is 0. The molecule has 0 aromatic carbocycles. The highest BCUT2D eigenvalue weighted by molar-refractivity contribution is 5.71. The molecule has 0 rings (SSSR count). The zero-order chi connectivity index (χ0) is 66.1. The quantitative estimate of drug-likeness (QED) is 0.0211. The normalized spacial score (nSPS) is 13.2. The third kappa shape index (κ3) is 73.5. The molecule has 0 heterocycles. The van der Waals surface area contributed by atoms with E-state index in [0.29, 0.717) is 17.4 Å². The topological polar surface area (TPSA) is 108 Å². The number of carbonyl (C=O) groups is 3. The van der Waals surface area contributed by atoms with Crippen molar-refractivity contribution in [1.29, 1.82) is 0 Å². The molecule has 0 radical (unpaired) electrons. The molecular formula is C82H146NO8+. The number of likely N-dealkylation sites (N-methyl/N-ethyl adjacent to an activating group) is 1. The molecule has 0 fully saturated rings. The van der Waals surface area contributed by atoms with E-state index in [4.69, 9.17) is 18.9 Å². The van der Waals surface area contributed by atoms with Crippen molar-refractivity contribution in [3.8, 4) is 0 Å². The first-order chi connectivity index (χ1) is 44.6. The van der Waals surface area contributed by atoms with Crippen LogP contribution in [0.25, 0.3) is 0 Å². The summed E-state index contributed by atoms with van der Waals surface area (Å²) in [6.45, 7) is 4.70. The molecule has 9 heteroatoms. The maximum Gasteiger partial charge on any atom is 0.361 e. The van der Waals surface area contributed by atoms with Crippen LogP contribution in [0.3, 0.4) is 0 Å². The van der Waals surface area contributed by atoms with Gasteiger partial charge in [-0.15, -0.1) is 0 Å². The second kappa shape index (κ2) is 72.0. The number of carboxylic acids is 1. The number of rotatable bonds is 71. The number of esters is 2. The Hall–Kier alpha value is -3.79. The summed E-state index contributed by atoms with van der Waals surface area (Å²) in [7, 11) is 5.99. The van der Waals surface area contributed by atoms with Gasteiger partial charge < -0.3 is 28.5 Å². The lowest BCUT2D eigenvalue weighted by molar-refractivity contribution is -0.870. The van der Waals surface area contributed by atoms with Gasteiger partial charge in [-0.2, -0.15) is 0 Å². The Morgan fingerprint density at radius 3 is 0.879 bits per heavy atom. The van der Waals surface area contributed by atoms with E-state index in [9.17, 15) is 19.5 Å². The molecule has 1 N–H and O–H groups in total. The Labute approximate surface area is 562 Å². The van der Waals surface area contributed by atoms with Crippen molar-refractivity contribution >= 4 is 17.9 Å². The van der Waals surface area contributed by atoms with Gasteiger partial charge in [-0.25, -0.2) is 4.79 Å². The number of quaternary nitrogens is 1. The molecule has 0 aromatic heterocycles. The third-order valence-corrected chi connectivity index (χ3v) is 16.8. The van der Waals surface area contributed by atoms with Gasteiger partial charge in [0.05, 0.1) is 34.4 Å². The van der Waals surface area contributed by atoms with Gasteiger partial charge in [0.25, 0.3) is 6.29 Å². The predicted molar refractivity (Wildman–Crippen MR) is 392 cm³/mol. The van der Waals surface area contributed by atoms with Gasteiger partial charge in [0.1, 0.15) is 13.2 Å². The Morgan fingerprint density at radius 1 is 0.330 bits per heavy atom. The van der Waals surface area contributed by atoms with Gasteiger partial charge in [0.15, 0.2) is 6.10 Å². The second-order valence-corrected chi connectivity index (χ2v) is 26.9. The van der Waals surface area contributed by atoms with Gasteiger partial charge >= 0.3 is 17.9 Å². The Kier molecular flexibility index (Phi) is 69.0. The number of unbranched alkanes of at least 4 members (excludes halogenated alkanes) is 40. The van der Waals surface area contributed by atoms with Crippen LogP contribution >= 0.6 is 0 Å². The zero-order valence-corrected chi connectivity index (χ0v) is 60.2. The number of carbonyl (C=O) groups excluding carboxylic acids is 2. The summed E-state index contributed by atoms with van der Waals surface area (Å²) in [4.78, 5) is 37.7. The van der Waals surface area contributed by atoms with E-state index in [0.717, 1.165) is 89.9 Å². The molecule has 0 aromatic rings. The largest absolute Gasteiger partial charge is 0.477 e. The summed E-state index contributed by atoms with van der Waals surface area (Å²) in [6.07, 6.45) is 96.9. The average molecular weight is 1270 g/mol. The van der Waals surface area contributed by atoms with Crippen LogP contribution in [0.1, 0.15) is 348 Å². The average Bonchev–Trinajstić information content (AvgIpc) is 3.46. The van der Waals surface area contributed by atoms with Crippen molar-refractivity contribution in [2.45, 2.75) is 360 Å². The van der Waals surface area contributed by atoms with Gasteiger partial charge in [0.2, 0.25) is 0 Å². The zero-order valence-electron chi connectivity index (χ0n) is 60.2. The van der Waals surface area contributed by atoms with E-state index in [-0.39, 0.29) is 38.2 Å². The first kappa shape index (κ1) is 87.2. The summed E-state index contributed by atoms with van der Waals surface area (Å²) < 4.78 is 23.0. The number of carboxylic acid groups (broad SMARTS) is 1. The van der Waals surface area contributed by atoms with Gasteiger partial charge in [-0.05, 0) is 89.9 Å². The lowest BCUT2D eigenvalue weighted by atomic mass is 10.0. The molecule has 526 valence electrons. The summed E-state index contributed by atoms with van der Waals surface area (Å²) >= 11 is 0. The summed E-state index contributed by atoms with van der Waals surface area (Å²) in [5, 5.41) is 9.77. The molecule has 0 amide bonds. The summed E-state index contributed by atoms with van der Waals surface area (Å²) in [5.41, 5.74) is 0. The third-order valence-electron chi connectivity index (χ3n) is 16.8. The van der Waals surface area contributed by atoms with Crippen molar-refractivity contribution in [3.05, 3.63) is 97.2 Å². The molecule has 9 nitrogen and oxygen atoms in total. The smallest absolute Gasteiger partial charge is 0.361 e. The maximum atomic E-state index is 13.0. The fourth-order valence-corrected chi connectivity index (χ4v) is 11.1. The number of hydrogen-bond acceptors (Lipinski definition) is 7. The SMILES string of the molecule is CC/C=C\C/C=C\C/C=C\C/C=C\CCCCCCCCCCCCCCCCCCCCCCCCC(=O)OC(COC(=O)CCCCCCCCCCCCCCCCCCCC/C=C\C/C=C\C/C=C\C/C=C\CC)COC(OCC[N+](C)(C)C)C(=O)O. The van der Waals surface area contributed by atoms with Crippen molar-refractivity contribution in [1.82, 2.24) is 0 Å². The monoisotopic (exact) mass is 1270 g/mol. The Bertz CT molecular complexity index is 1820. The molecule has 91 heavy (non-hydrogen) atoms. The number of allylic oxidation sites excluding steroid dienone is 16. The van der Waals surface area contributed by atoms with Crippen LogP contribution in [-0.4, -0.2) is 87.4 Å². The highest BCUT2D eigenvalue weighted by Gasteiger charge is 2.25. The van der Waals surface area contributed by atoms with Crippen LogP contribution in [0, 0.1) is 0 Å². The number of ether oxygens (including phenoxy) is 4. The van der Waals surface area contributed by atoms with Crippen molar-refractivity contribution in [2.24, 2.45) is 0 Å². The van der Waals surface area contributed by atoms with Crippen LogP contribution in [0.15, 0.2) is 97.2 Å². The van der Waals surface area contributed by atoms with E-state index < -0.39 is 18.4 Å². The minimum Gasteiger partial charge on any atom is -0.477 e. The van der Waals surface area contributed by atoms with Crippen LogP contribution in [0.5, 0.6) is 0 Å². The van der Waals surface area contributed by atoms with Crippen molar-refractivity contribution in [3.63, 3.8) is 0 Å². The molecule has 0 saturated heterocycles. The number of aliphatic carboxylic acids is 1. The summed E-state index contributed by atoms with van der Waals surface area (Å²) in [5.74, 6) is -1.98. The van der Waals surface area contributed by atoms with Crippen molar-refractivity contribution in [2.75, 3.05) is 47.5 Å². The minimum absolute atomic E-state index is 0.180. The van der Waals surface area contributed by atoms with Gasteiger partial charge in [0, 0.05) is 12.8 Å². The van der Waals surface area contributed by atoms with Crippen molar-refractivity contribution < 1.29 is 42.9 Å². The Balaban J connectivity index is 4.01. The molecule has 0 spiro atoms. The molecule has 2 unspecified atom stereocenters. The highest BCUT2D eigenvalue weighted by Crippen LogP contribution is 2.19. The van der Waals surface area contributed by atoms with Crippen LogP contribution in [0.4, 0.5) is 0 Å². The lowest BCUT2D eigenvalue weighted by Crippen LogP contribution is -2.40. The van der Waals surface area contributed by atoms with Gasteiger partial charge in [-0.1, -0.05) is 342 Å². The molecular weight excluding hydrogens is 1130 g/mol. The molecule has 0 aliphatic rings. The first-order valence-corrected chi connectivity index (χ1v) is 38.4. The fraction of sp³-hybridized carbons (Fsp3) is 0.768. The van der Waals surface area contributed by atoms with Crippen LogP contribution < -0.4 is 0 Å². The first-order valence-electron chi connectivity index (χ1n) is 38.4. The second-order valence-electron chi connectivity index (χ2n) is 26.9. The van der Waals surface area contributed by atoms with E-state index >= 15 is 0 Å². The highest BCUT2D eigenvalue weighted by atomic mass is 16.7. The predicted octanol–water partition coefficient (Wildman–Crippen LogP) is 24.4. The lowest BCUT2D eigenvalue weighted by Gasteiger charge is -2.25. The fourth-order valence-electron chi connectivity index (χ4n) is 11.1. The standard InChI is InChI=1S/C82H145NO8/c1-6-8-10-12-14-16-18-20-22-24-26-28-30-32-34-36-38-39-40-41-43-45-47-49-51-53-55-57-59-61-63-65-67-69-71-73-80(85)91-78(77-90-82(81(86)87)88-75-74-83(3,4)5)76-89-79(84)72-70-68-66-64-62-60-58-56-54-52-50-48-46-44-42-37-35-33-31-29-27-25-23-21-19-17-15-13-11-9-7-2/h8-11,14-17,20-23,26-29,78,82H,6-7,12-13,18-19,24-25,30-77H2,1-5H3/p+1/b10-8-,11-9-,16-14-,17-15-,22-20-,23-21-,28-26-,29-27-. The van der Waals surface area contributed by atoms with Gasteiger partial charge in [-0.3, -0.25) is 9.59 Å². The van der Waals surface area contributed by atoms with E-state index in [2.05, 4.69) is 111 Å². The molecule has 0 aliphatic carbocycles. The molecule has 0 aliphatic heterocycles. The van der Waals surface area contributed by atoms with E-state index in [1.54, 1.807) is 0 Å². The minimum atomic E-state index is -1.51. The molecule has 0 bridgehead atoms. The number of hydrogen-bond donors (Lipinski definition) is 1. The molecule has 0 saturated carbocycles. The maximum absolute atomic E-state index is 13.0. The van der Waals surface area contributed by atoms with E-state index in [1.807, 2.05) is 21.1 Å².